The number of nitrogens with one attached hydrogen (secondary N) is 2. The fourth-order valence-electron chi connectivity index (χ4n) is 2.14. The molecular weight excluding hydrogens is 222 g/mol. The van der Waals surface area contributed by atoms with E-state index in [9.17, 15) is 4.79 Å². The van der Waals surface area contributed by atoms with E-state index in [-0.39, 0.29) is 11.5 Å². The summed E-state index contributed by atoms with van der Waals surface area (Å²) < 4.78 is 5.66. The Hall–Kier alpha value is -1.89. The Balaban J connectivity index is 2.20. The van der Waals surface area contributed by atoms with Crippen molar-refractivity contribution in [2.75, 3.05) is 12.3 Å². The second-order valence-electron chi connectivity index (χ2n) is 4.42. The maximum Gasteiger partial charge on any atom is 0.278 e. The van der Waals surface area contributed by atoms with Crippen molar-refractivity contribution in [2.24, 2.45) is 0 Å². The lowest BCUT2D eigenvalue weighted by Crippen LogP contribution is -2.21. The highest BCUT2D eigenvalue weighted by atomic mass is 16.5. The first-order chi connectivity index (χ1) is 8.08. The van der Waals surface area contributed by atoms with Crippen molar-refractivity contribution in [3.05, 3.63) is 16.2 Å². The molecule has 1 aliphatic heterocycles. The lowest BCUT2D eigenvalue weighted by molar-refractivity contribution is 0.0103. The standard InChI is InChI=1S/C10H13N5O2/c1-10(3-2-4-17-10)8-12-5-6(13-8)14-9(11)15-7(5)16/h2-4H2,1H3,(H4,11,12,13,14,15,16). The number of nitrogens with zero attached hydrogens (tertiary/aromatic N) is 2. The van der Waals surface area contributed by atoms with Crippen LogP contribution in [0.1, 0.15) is 25.6 Å². The minimum atomic E-state index is -0.456. The van der Waals surface area contributed by atoms with Gasteiger partial charge in [0.15, 0.2) is 11.2 Å². The van der Waals surface area contributed by atoms with Gasteiger partial charge in [-0.05, 0) is 19.8 Å². The van der Waals surface area contributed by atoms with Crippen molar-refractivity contribution in [2.45, 2.75) is 25.4 Å². The zero-order chi connectivity index (χ0) is 12.0. The molecule has 1 saturated heterocycles. The Morgan fingerprint density at radius 2 is 2.24 bits per heavy atom. The Kier molecular flexibility index (Phi) is 1.99. The molecule has 2 aromatic heterocycles. The van der Waals surface area contributed by atoms with Crippen molar-refractivity contribution in [1.82, 2.24) is 19.9 Å². The highest BCUT2D eigenvalue weighted by Crippen LogP contribution is 2.34. The van der Waals surface area contributed by atoms with E-state index in [1.165, 1.54) is 0 Å². The van der Waals surface area contributed by atoms with Gasteiger partial charge in [0.2, 0.25) is 5.95 Å². The van der Waals surface area contributed by atoms with Crippen LogP contribution in [0.3, 0.4) is 0 Å². The molecule has 3 heterocycles. The summed E-state index contributed by atoms with van der Waals surface area (Å²) in [6, 6.07) is 0. The molecule has 0 aromatic carbocycles. The van der Waals surface area contributed by atoms with Gasteiger partial charge in [0.1, 0.15) is 11.4 Å². The Morgan fingerprint density at radius 3 is 2.94 bits per heavy atom. The number of nitrogens with two attached hydrogens (primary N) is 1. The first-order valence-corrected chi connectivity index (χ1v) is 5.48. The summed E-state index contributed by atoms with van der Waals surface area (Å²) in [5, 5.41) is 0. The first kappa shape index (κ1) is 10.3. The number of imidazole rings is 1. The van der Waals surface area contributed by atoms with Crippen LogP contribution < -0.4 is 11.3 Å². The average Bonchev–Trinajstić information content (AvgIpc) is 2.84. The van der Waals surface area contributed by atoms with Gasteiger partial charge in [0, 0.05) is 6.61 Å². The Morgan fingerprint density at radius 1 is 1.41 bits per heavy atom. The molecule has 90 valence electrons. The van der Waals surface area contributed by atoms with E-state index in [4.69, 9.17) is 10.5 Å². The van der Waals surface area contributed by atoms with Crippen molar-refractivity contribution < 1.29 is 4.74 Å². The van der Waals surface area contributed by atoms with Gasteiger partial charge in [0.05, 0.1) is 0 Å². The fourth-order valence-corrected chi connectivity index (χ4v) is 2.14. The van der Waals surface area contributed by atoms with Crippen LogP contribution in [-0.2, 0) is 10.3 Å². The molecule has 7 nitrogen and oxygen atoms in total. The fraction of sp³-hybridized carbons (Fsp3) is 0.500. The zero-order valence-electron chi connectivity index (χ0n) is 9.41. The van der Waals surface area contributed by atoms with Crippen LogP contribution in [0.5, 0.6) is 0 Å². The molecule has 2 aromatic rings. The number of aromatic nitrogens is 4. The summed E-state index contributed by atoms with van der Waals surface area (Å²) in [5.41, 5.74) is 5.37. The lowest BCUT2D eigenvalue weighted by atomic mass is 10.0. The predicted octanol–water partition coefficient (Wildman–Crippen LogP) is 0.254. The maximum atomic E-state index is 11.6. The molecule has 4 N–H and O–H groups in total. The van der Waals surface area contributed by atoms with Crippen LogP contribution in [-0.4, -0.2) is 26.5 Å². The summed E-state index contributed by atoms with van der Waals surface area (Å²) in [4.78, 5) is 25.3. The van der Waals surface area contributed by atoms with Gasteiger partial charge in [0.25, 0.3) is 5.56 Å². The van der Waals surface area contributed by atoms with Crippen LogP contribution >= 0.6 is 0 Å². The van der Waals surface area contributed by atoms with E-state index in [0.29, 0.717) is 23.6 Å². The molecule has 1 atom stereocenters. The van der Waals surface area contributed by atoms with Crippen LogP contribution in [0, 0.1) is 0 Å². The lowest BCUT2D eigenvalue weighted by Gasteiger charge is -2.19. The van der Waals surface area contributed by atoms with Gasteiger partial charge in [-0.3, -0.25) is 9.78 Å². The first-order valence-electron chi connectivity index (χ1n) is 5.48. The monoisotopic (exact) mass is 235 g/mol. The number of rotatable bonds is 1. The molecule has 0 saturated carbocycles. The molecule has 0 radical (unpaired) electrons. The minimum absolute atomic E-state index is 0.0676. The minimum Gasteiger partial charge on any atom is -0.369 e. The molecule has 0 amide bonds. The van der Waals surface area contributed by atoms with E-state index in [1.54, 1.807) is 0 Å². The van der Waals surface area contributed by atoms with Crippen LogP contribution in [0.15, 0.2) is 4.79 Å². The van der Waals surface area contributed by atoms with Crippen LogP contribution in [0.4, 0.5) is 5.95 Å². The summed E-state index contributed by atoms with van der Waals surface area (Å²) in [6.07, 6.45) is 1.86. The Labute approximate surface area is 96.4 Å². The molecule has 17 heavy (non-hydrogen) atoms. The van der Waals surface area contributed by atoms with Gasteiger partial charge >= 0.3 is 0 Å². The third-order valence-corrected chi connectivity index (χ3v) is 3.10. The number of H-pyrrole nitrogens is 2. The molecule has 3 rings (SSSR count). The Bertz CT molecular complexity index is 623. The molecule has 1 aliphatic rings. The highest BCUT2D eigenvalue weighted by Gasteiger charge is 2.35. The van der Waals surface area contributed by atoms with Gasteiger partial charge in [-0.2, -0.15) is 4.98 Å². The van der Waals surface area contributed by atoms with E-state index in [2.05, 4.69) is 19.9 Å². The number of anilines is 1. The zero-order valence-corrected chi connectivity index (χ0v) is 9.41. The molecule has 1 unspecified atom stereocenters. The van der Waals surface area contributed by atoms with Gasteiger partial charge in [-0.1, -0.05) is 0 Å². The van der Waals surface area contributed by atoms with E-state index in [1.807, 2.05) is 6.92 Å². The number of hydrogen-bond acceptors (Lipinski definition) is 5. The molecule has 1 fully saturated rings. The number of aromatic amines is 2. The molecule has 0 bridgehead atoms. The second kappa shape index (κ2) is 3.30. The third kappa shape index (κ3) is 1.50. The van der Waals surface area contributed by atoms with Crippen LogP contribution in [0.25, 0.3) is 11.2 Å². The normalized spacial score (nSPS) is 24.5. The van der Waals surface area contributed by atoms with Crippen molar-refractivity contribution >= 4 is 17.1 Å². The summed E-state index contributed by atoms with van der Waals surface area (Å²) >= 11 is 0. The van der Waals surface area contributed by atoms with Crippen molar-refractivity contribution in [3.8, 4) is 0 Å². The highest BCUT2D eigenvalue weighted by molar-refractivity contribution is 5.70. The SMILES string of the molecule is CC1(c2nc3nc(N)[nH]c(=O)c3[nH]2)CCCO1. The third-order valence-electron chi connectivity index (χ3n) is 3.10. The molecule has 7 heteroatoms. The van der Waals surface area contributed by atoms with Crippen molar-refractivity contribution in [3.63, 3.8) is 0 Å². The van der Waals surface area contributed by atoms with E-state index in [0.717, 1.165) is 12.8 Å². The summed E-state index contributed by atoms with van der Waals surface area (Å²) in [7, 11) is 0. The topological polar surface area (TPSA) is 110 Å². The van der Waals surface area contributed by atoms with E-state index >= 15 is 0 Å². The number of ether oxygens (including phenoxy) is 1. The maximum absolute atomic E-state index is 11.6. The van der Waals surface area contributed by atoms with Gasteiger partial charge in [-0.25, -0.2) is 4.98 Å². The molecule has 0 aliphatic carbocycles. The largest absolute Gasteiger partial charge is 0.369 e. The van der Waals surface area contributed by atoms with Crippen LogP contribution in [0.2, 0.25) is 0 Å². The quantitative estimate of drug-likeness (QED) is 0.656. The average molecular weight is 235 g/mol. The molecular formula is C10H13N5O2. The van der Waals surface area contributed by atoms with Gasteiger partial charge < -0.3 is 15.5 Å². The number of fused-ring (bicyclic) bond motifs is 1. The van der Waals surface area contributed by atoms with Gasteiger partial charge in [-0.15, -0.1) is 0 Å². The number of nitrogen functional groups attached to an aromatic ring is 1. The predicted molar refractivity (Wildman–Crippen MR) is 61.5 cm³/mol. The summed E-state index contributed by atoms with van der Waals surface area (Å²) in [5.74, 6) is 0.701. The smallest absolute Gasteiger partial charge is 0.278 e. The summed E-state index contributed by atoms with van der Waals surface area (Å²) in [6.45, 7) is 2.66. The second-order valence-corrected chi connectivity index (χ2v) is 4.42. The van der Waals surface area contributed by atoms with E-state index < -0.39 is 5.60 Å². The number of hydrogen-bond donors (Lipinski definition) is 3. The van der Waals surface area contributed by atoms with Crippen molar-refractivity contribution in [1.29, 1.82) is 0 Å². The molecule has 0 spiro atoms.